The highest BCUT2D eigenvalue weighted by Crippen LogP contribution is 2.40. The molecule has 0 aliphatic carbocycles. The summed E-state index contributed by atoms with van der Waals surface area (Å²) in [5.41, 5.74) is 2.32. The Hall–Kier alpha value is -3.35. The van der Waals surface area contributed by atoms with Crippen molar-refractivity contribution in [2.75, 3.05) is 44.2 Å². The number of nitrogens with zero attached hydrogens (tertiary/aromatic N) is 3. The van der Waals surface area contributed by atoms with Gasteiger partial charge in [-0.15, -0.1) is 0 Å². The molecule has 7 nitrogen and oxygen atoms in total. The molecular weight excluding hydrogens is 478 g/mol. The molecule has 3 heterocycles. The molecule has 3 aliphatic rings. The fourth-order valence-electron chi connectivity index (χ4n) is 6.17. The van der Waals surface area contributed by atoms with Crippen molar-refractivity contribution in [2.24, 2.45) is 5.41 Å². The van der Waals surface area contributed by atoms with Gasteiger partial charge in [0.25, 0.3) is 0 Å². The molecule has 38 heavy (non-hydrogen) atoms. The molecule has 3 amide bonds. The van der Waals surface area contributed by atoms with Gasteiger partial charge >= 0.3 is 0 Å². The van der Waals surface area contributed by atoms with Gasteiger partial charge in [-0.25, -0.2) is 0 Å². The van der Waals surface area contributed by atoms with E-state index in [0.717, 1.165) is 76.3 Å². The van der Waals surface area contributed by atoms with Crippen LogP contribution >= 0.6 is 0 Å². The minimum Gasteiger partial charge on any atom is -0.494 e. The first-order chi connectivity index (χ1) is 18.5. The van der Waals surface area contributed by atoms with E-state index in [2.05, 4.69) is 6.07 Å². The Morgan fingerprint density at radius 1 is 0.737 bits per heavy atom. The van der Waals surface area contributed by atoms with E-state index in [9.17, 15) is 14.4 Å². The molecule has 3 aliphatic heterocycles. The number of para-hydroxylation sites is 2. The Kier molecular flexibility index (Phi) is 8.30. The number of ether oxygens (including phenoxy) is 1. The summed E-state index contributed by atoms with van der Waals surface area (Å²) in [6, 6.07) is 17.8. The number of fused-ring (bicyclic) bond motifs is 1. The van der Waals surface area contributed by atoms with E-state index in [1.807, 2.05) is 63.2 Å². The van der Waals surface area contributed by atoms with Crippen LogP contribution in [-0.2, 0) is 20.8 Å². The first-order valence-corrected chi connectivity index (χ1v) is 14.1. The maximum atomic E-state index is 13.0. The summed E-state index contributed by atoms with van der Waals surface area (Å²) in [4.78, 5) is 44.5. The lowest BCUT2D eigenvalue weighted by atomic mass is 9.77. The van der Waals surface area contributed by atoms with Gasteiger partial charge in [0.15, 0.2) is 0 Å². The fourth-order valence-corrected chi connectivity index (χ4v) is 6.17. The first-order valence-electron chi connectivity index (χ1n) is 14.1. The standard InChI is InChI=1S/C31H39N3O4/c35-28(13-7-23-38-26-10-2-1-3-11-26)32-20-16-31(17-21-32)18-22-33(24-31)29(36)14-15-30(37)34-19-6-9-25-8-4-5-12-27(25)34/h1-5,8,10-12H,6-7,9,13-24H2. The van der Waals surface area contributed by atoms with E-state index in [1.54, 1.807) is 0 Å². The van der Waals surface area contributed by atoms with E-state index in [1.165, 1.54) is 5.56 Å². The van der Waals surface area contributed by atoms with E-state index < -0.39 is 0 Å². The molecule has 1 spiro atoms. The summed E-state index contributed by atoms with van der Waals surface area (Å²) in [5.74, 6) is 1.15. The molecule has 2 fully saturated rings. The van der Waals surface area contributed by atoms with Crippen molar-refractivity contribution in [1.29, 1.82) is 0 Å². The van der Waals surface area contributed by atoms with Crippen LogP contribution in [0.4, 0.5) is 5.69 Å². The molecule has 202 valence electrons. The van der Waals surface area contributed by atoms with Crippen molar-refractivity contribution in [3.8, 4) is 5.75 Å². The number of benzene rings is 2. The number of rotatable bonds is 8. The van der Waals surface area contributed by atoms with E-state index in [4.69, 9.17) is 4.74 Å². The Morgan fingerprint density at radius 3 is 2.18 bits per heavy atom. The predicted octanol–water partition coefficient (Wildman–Crippen LogP) is 4.45. The van der Waals surface area contributed by atoms with Crippen molar-refractivity contribution in [1.82, 2.24) is 9.80 Å². The molecule has 2 aromatic carbocycles. The zero-order chi connectivity index (χ0) is 26.4. The molecule has 0 aromatic heterocycles. The number of carbonyl (C=O) groups is 3. The summed E-state index contributed by atoms with van der Waals surface area (Å²) < 4.78 is 5.71. The first kappa shape index (κ1) is 26.3. The van der Waals surface area contributed by atoms with Crippen LogP contribution in [0, 0.1) is 5.41 Å². The maximum absolute atomic E-state index is 13.0. The third-order valence-electron chi connectivity index (χ3n) is 8.48. The van der Waals surface area contributed by atoms with Gasteiger partial charge in [-0.2, -0.15) is 0 Å². The quantitative estimate of drug-likeness (QED) is 0.486. The molecule has 0 atom stereocenters. The Bertz CT molecular complexity index is 1130. The van der Waals surface area contributed by atoms with E-state index in [0.29, 0.717) is 19.4 Å². The fraction of sp³-hybridized carbons (Fsp3) is 0.516. The normalized spacial score (nSPS) is 18.4. The van der Waals surface area contributed by atoms with Crippen molar-refractivity contribution in [2.45, 2.75) is 57.8 Å². The average Bonchev–Trinajstić information content (AvgIpc) is 3.37. The second-order valence-corrected chi connectivity index (χ2v) is 11.0. The number of amides is 3. The zero-order valence-corrected chi connectivity index (χ0v) is 22.3. The van der Waals surface area contributed by atoms with Crippen molar-refractivity contribution < 1.29 is 19.1 Å². The molecule has 7 heteroatoms. The highest BCUT2D eigenvalue weighted by atomic mass is 16.5. The van der Waals surface area contributed by atoms with Gasteiger partial charge in [-0.1, -0.05) is 36.4 Å². The Morgan fingerprint density at radius 2 is 1.39 bits per heavy atom. The van der Waals surface area contributed by atoms with Crippen LogP contribution in [0.15, 0.2) is 54.6 Å². The zero-order valence-electron chi connectivity index (χ0n) is 22.3. The van der Waals surface area contributed by atoms with Gasteiger partial charge in [0, 0.05) is 57.7 Å². The van der Waals surface area contributed by atoms with E-state index in [-0.39, 0.29) is 36.0 Å². The Labute approximate surface area is 225 Å². The molecule has 0 radical (unpaired) electrons. The van der Waals surface area contributed by atoms with Gasteiger partial charge < -0.3 is 19.4 Å². The van der Waals surface area contributed by atoms with E-state index >= 15 is 0 Å². The molecular formula is C31H39N3O4. The van der Waals surface area contributed by atoms with Crippen LogP contribution in [0.5, 0.6) is 5.75 Å². The topological polar surface area (TPSA) is 70.2 Å². The van der Waals surface area contributed by atoms with Crippen LogP contribution in [0.1, 0.15) is 56.9 Å². The van der Waals surface area contributed by atoms with Gasteiger partial charge in [0.2, 0.25) is 17.7 Å². The second kappa shape index (κ2) is 12.0. The number of hydrogen-bond donors (Lipinski definition) is 0. The predicted molar refractivity (Wildman–Crippen MR) is 147 cm³/mol. The molecule has 5 rings (SSSR count). The number of carbonyl (C=O) groups excluding carboxylic acids is 3. The summed E-state index contributed by atoms with van der Waals surface area (Å²) in [6.45, 7) is 4.29. The summed E-state index contributed by atoms with van der Waals surface area (Å²) in [7, 11) is 0. The molecule has 0 bridgehead atoms. The highest BCUT2D eigenvalue weighted by Gasteiger charge is 2.42. The van der Waals surface area contributed by atoms with Crippen LogP contribution in [0.2, 0.25) is 0 Å². The number of piperidine rings is 1. The largest absolute Gasteiger partial charge is 0.494 e. The average molecular weight is 518 g/mol. The highest BCUT2D eigenvalue weighted by molar-refractivity contribution is 5.96. The summed E-state index contributed by atoms with van der Waals surface area (Å²) in [6.07, 6.45) is 6.56. The lowest BCUT2D eigenvalue weighted by Crippen LogP contribution is -2.44. The SMILES string of the molecule is O=C(CCCOc1ccccc1)N1CCC2(CC1)CCN(C(=O)CCC(=O)N1CCCc3ccccc31)C2. The number of anilines is 1. The van der Waals surface area contributed by atoms with Gasteiger partial charge in [-0.05, 0) is 67.7 Å². The van der Waals surface area contributed by atoms with Crippen LogP contribution in [0.25, 0.3) is 0 Å². The lowest BCUT2D eigenvalue weighted by Gasteiger charge is -2.39. The minimum absolute atomic E-state index is 0.0420. The van der Waals surface area contributed by atoms with Crippen molar-refractivity contribution in [3.63, 3.8) is 0 Å². The third-order valence-corrected chi connectivity index (χ3v) is 8.48. The van der Waals surface area contributed by atoms with Crippen LogP contribution in [0.3, 0.4) is 0 Å². The minimum atomic E-state index is 0.0420. The Balaban J connectivity index is 1.02. The number of hydrogen-bond acceptors (Lipinski definition) is 4. The van der Waals surface area contributed by atoms with Crippen molar-refractivity contribution in [3.05, 3.63) is 60.2 Å². The number of likely N-dealkylation sites (tertiary alicyclic amines) is 2. The van der Waals surface area contributed by atoms with Crippen LogP contribution < -0.4 is 9.64 Å². The monoisotopic (exact) mass is 517 g/mol. The van der Waals surface area contributed by atoms with Crippen LogP contribution in [-0.4, -0.2) is 66.9 Å². The molecule has 0 unspecified atom stereocenters. The smallest absolute Gasteiger partial charge is 0.227 e. The summed E-state index contributed by atoms with van der Waals surface area (Å²) >= 11 is 0. The third kappa shape index (κ3) is 6.20. The molecule has 0 saturated carbocycles. The van der Waals surface area contributed by atoms with Gasteiger partial charge in [-0.3, -0.25) is 14.4 Å². The number of aryl methyl sites for hydroxylation is 1. The summed E-state index contributed by atoms with van der Waals surface area (Å²) in [5, 5.41) is 0. The molecule has 2 aromatic rings. The lowest BCUT2D eigenvalue weighted by molar-refractivity contribution is -0.135. The second-order valence-electron chi connectivity index (χ2n) is 11.0. The van der Waals surface area contributed by atoms with Crippen molar-refractivity contribution >= 4 is 23.4 Å². The van der Waals surface area contributed by atoms with Gasteiger partial charge in [0.1, 0.15) is 5.75 Å². The molecule has 0 N–H and O–H groups in total. The molecule has 2 saturated heterocycles. The van der Waals surface area contributed by atoms with Gasteiger partial charge in [0.05, 0.1) is 6.61 Å². The maximum Gasteiger partial charge on any atom is 0.227 e.